The molecule has 0 amide bonds. The Morgan fingerprint density at radius 1 is 0.750 bits per heavy atom. The van der Waals surface area contributed by atoms with Crippen LogP contribution >= 0.6 is 0 Å². The molecule has 0 aliphatic heterocycles. The van der Waals surface area contributed by atoms with E-state index in [0.29, 0.717) is 30.6 Å². The van der Waals surface area contributed by atoms with Crippen LogP contribution in [0.3, 0.4) is 0 Å². The number of benzene rings is 2. The Labute approximate surface area is 167 Å². The molecule has 4 nitrogen and oxygen atoms in total. The monoisotopic (exact) mass is 382 g/mol. The molecule has 2 aromatic carbocycles. The minimum atomic E-state index is -0.491. The molecule has 0 aliphatic rings. The average Bonchev–Trinajstić information content (AvgIpc) is 2.67. The van der Waals surface area contributed by atoms with E-state index < -0.39 is 11.9 Å². The Morgan fingerprint density at radius 2 is 1.32 bits per heavy atom. The van der Waals surface area contributed by atoms with Crippen LogP contribution in [0.2, 0.25) is 0 Å². The molecule has 28 heavy (non-hydrogen) atoms. The number of carbonyl (C=O) groups excluding carboxylic acids is 2. The van der Waals surface area contributed by atoms with E-state index in [-0.39, 0.29) is 11.1 Å². The lowest BCUT2D eigenvalue weighted by Gasteiger charge is -2.15. The van der Waals surface area contributed by atoms with Crippen LogP contribution in [0, 0.1) is 11.8 Å². The van der Waals surface area contributed by atoms with Crippen LogP contribution in [-0.4, -0.2) is 25.2 Å². The van der Waals surface area contributed by atoms with Crippen molar-refractivity contribution in [2.24, 2.45) is 11.8 Å². The Balaban J connectivity index is 2.35. The summed E-state index contributed by atoms with van der Waals surface area (Å²) in [6.45, 7) is 8.94. The fraction of sp³-hybridized carbons (Fsp3) is 0.417. The fourth-order valence-corrected chi connectivity index (χ4v) is 2.73. The molecule has 0 atom stereocenters. The van der Waals surface area contributed by atoms with Gasteiger partial charge in [-0.05, 0) is 41.9 Å². The van der Waals surface area contributed by atoms with Gasteiger partial charge in [-0.15, -0.1) is 0 Å². The van der Waals surface area contributed by atoms with Gasteiger partial charge in [-0.25, -0.2) is 9.59 Å². The van der Waals surface area contributed by atoms with Crippen LogP contribution in [0.15, 0.2) is 48.5 Å². The first-order valence-corrected chi connectivity index (χ1v) is 9.92. The molecule has 0 aliphatic carbocycles. The van der Waals surface area contributed by atoms with Crippen LogP contribution in [0.4, 0.5) is 0 Å². The van der Waals surface area contributed by atoms with E-state index in [2.05, 4.69) is 27.7 Å². The van der Waals surface area contributed by atoms with Crippen LogP contribution in [0.25, 0.3) is 11.1 Å². The van der Waals surface area contributed by atoms with Crippen molar-refractivity contribution in [1.29, 1.82) is 0 Å². The third-order valence-corrected chi connectivity index (χ3v) is 4.43. The molecule has 0 spiro atoms. The number of ether oxygens (including phenoxy) is 2. The second-order valence-corrected chi connectivity index (χ2v) is 7.73. The van der Waals surface area contributed by atoms with Gasteiger partial charge >= 0.3 is 11.9 Å². The lowest BCUT2D eigenvalue weighted by atomic mass is 9.95. The average molecular weight is 383 g/mol. The zero-order valence-electron chi connectivity index (χ0n) is 17.2. The molecule has 0 saturated carbocycles. The number of hydrogen-bond acceptors (Lipinski definition) is 4. The molecule has 0 N–H and O–H groups in total. The van der Waals surface area contributed by atoms with Gasteiger partial charge in [0.1, 0.15) is 0 Å². The third kappa shape index (κ3) is 6.22. The maximum atomic E-state index is 12.9. The number of rotatable bonds is 9. The van der Waals surface area contributed by atoms with E-state index >= 15 is 0 Å². The van der Waals surface area contributed by atoms with Crippen LogP contribution in [0.5, 0.6) is 0 Å². The van der Waals surface area contributed by atoms with Gasteiger partial charge < -0.3 is 9.47 Å². The molecule has 2 rings (SSSR count). The number of hydrogen-bond donors (Lipinski definition) is 0. The number of esters is 2. The van der Waals surface area contributed by atoms with Crippen molar-refractivity contribution in [2.45, 2.75) is 40.5 Å². The van der Waals surface area contributed by atoms with E-state index in [9.17, 15) is 9.59 Å². The van der Waals surface area contributed by atoms with Crippen molar-refractivity contribution < 1.29 is 19.1 Å². The van der Waals surface area contributed by atoms with Gasteiger partial charge in [-0.2, -0.15) is 0 Å². The standard InChI is InChI=1S/C24H30O4/c1-17(2)13-15-27-23(25)21-12-8-11-20(19-9-6-5-7-10-19)22(21)24(26)28-16-14-18(3)4/h5-12,17-18H,13-16H2,1-4H3. The predicted octanol–water partition coefficient (Wildman–Crippen LogP) is 5.76. The Bertz CT molecular complexity index is 778. The first-order chi connectivity index (χ1) is 13.4. The highest BCUT2D eigenvalue weighted by Crippen LogP contribution is 2.28. The normalized spacial score (nSPS) is 10.9. The van der Waals surface area contributed by atoms with Gasteiger partial charge in [0.2, 0.25) is 0 Å². The van der Waals surface area contributed by atoms with Crippen LogP contribution in [0.1, 0.15) is 61.3 Å². The molecule has 0 bridgehead atoms. The second kappa shape index (κ2) is 10.6. The molecular weight excluding hydrogens is 352 g/mol. The molecule has 2 aromatic rings. The summed E-state index contributed by atoms with van der Waals surface area (Å²) in [5.41, 5.74) is 2.05. The van der Waals surface area contributed by atoms with E-state index in [4.69, 9.17) is 9.47 Å². The summed E-state index contributed by atoms with van der Waals surface area (Å²) in [6.07, 6.45) is 1.55. The van der Waals surface area contributed by atoms with E-state index in [0.717, 1.165) is 18.4 Å². The second-order valence-electron chi connectivity index (χ2n) is 7.73. The summed E-state index contributed by atoms with van der Waals surface area (Å²) < 4.78 is 10.9. The third-order valence-electron chi connectivity index (χ3n) is 4.43. The molecule has 4 heteroatoms. The Kier molecular flexibility index (Phi) is 8.24. The first-order valence-electron chi connectivity index (χ1n) is 9.92. The quantitative estimate of drug-likeness (QED) is 0.517. The lowest BCUT2D eigenvalue weighted by Crippen LogP contribution is -2.17. The SMILES string of the molecule is CC(C)CCOC(=O)c1cccc(-c2ccccc2)c1C(=O)OCCC(C)C. The molecule has 0 fully saturated rings. The van der Waals surface area contributed by atoms with Gasteiger partial charge in [0.25, 0.3) is 0 Å². The summed E-state index contributed by atoms with van der Waals surface area (Å²) >= 11 is 0. The zero-order chi connectivity index (χ0) is 20.5. The number of carbonyl (C=O) groups is 2. The van der Waals surface area contributed by atoms with Gasteiger partial charge in [0.15, 0.2) is 0 Å². The fourth-order valence-electron chi connectivity index (χ4n) is 2.73. The Hall–Kier alpha value is -2.62. The highest BCUT2D eigenvalue weighted by atomic mass is 16.5. The molecule has 0 aromatic heterocycles. The lowest BCUT2D eigenvalue weighted by molar-refractivity contribution is 0.0441. The predicted molar refractivity (Wildman–Crippen MR) is 111 cm³/mol. The van der Waals surface area contributed by atoms with E-state index in [1.54, 1.807) is 12.1 Å². The molecule has 150 valence electrons. The highest BCUT2D eigenvalue weighted by molar-refractivity contribution is 6.07. The maximum Gasteiger partial charge on any atom is 0.339 e. The van der Waals surface area contributed by atoms with Crippen molar-refractivity contribution in [3.8, 4) is 11.1 Å². The van der Waals surface area contributed by atoms with E-state index in [1.807, 2.05) is 36.4 Å². The first kappa shape index (κ1) is 21.7. The summed E-state index contributed by atoms with van der Waals surface area (Å²) in [6, 6.07) is 14.8. The summed E-state index contributed by atoms with van der Waals surface area (Å²) in [4.78, 5) is 25.6. The van der Waals surface area contributed by atoms with Crippen molar-refractivity contribution in [1.82, 2.24) is 0 Å². The maximum absolute atomic E-state index is 12.9. The van der Waals surface area contributed by atoms with Gasteiger partial charge in [-0.3, -0.25) is 0 Å². The van der Waals surface area contributed by atoms with Crippen molar-refractivity contribution >= 4 is 11.9 Å². The van der Waals surface area contributed by atoms with Crippen molar-refractivity contribution in [2.75, 3.05) is 13.2 Å². The largest absolute Gasteiger partial charge is 0.462 e. The minimum absolute atomic E-state index is 0.250. The van der Waals surface area contributed by atoms with Gasteiger partial charge in [0.05, 0.1) is 24.3 Å². The van der Waals surface area contributed by atoms with Gasteiger partial charge in [0, 0.05) is 0 Å². The summed E-state index contributed by atoms with van der Waals surface area (Å²) in [7, 11) is 0. The zero-order valence-corrected chi connectivity index (χ0v) is 17.2. The van der Waals surface area contributed by atoms with Crippen molar-refractivity contribution in [3.05, 3.63) is 59.7 Å². The van der Waals surface area contributed by atoms with Crippen LogP contribution < -0.4 is 0 Å². The molecular formula is C24H30O4. The molecule has 0 radical (unpaired) electrons. The summed E-state index contributed by atoms with van der Waals surface area (Å²) in [5, 5.41) is 0. The summed E-state index contributed by atoms with van der Waals surface area (Å²) in [5.74, 6) is -0.119. The Morgan fingerprint density at radius 3 is 1.89 bits per heavy atom. The molecule has 0 unspecified atom stereocenters. The highest BCUT2D eigenvalue weighted by Gasteiger charge is 2.24. The van der Waals surface area contributed by atoms with Gasteiger partial charge in [-0.1, -0.05) is 70.2 Å². The van der Waals surface area contributed by atoms with Crippen molar-refractivity contribution in [3.63, 3.8) is 0 Å². The molecule has 0 saturated heterocycles. The topological polar surface area (TPSA) is 52.6 Å². The smallest absolute Gasteiger partial charge is 0.339 e. The molecule has 0 heterocycles. The van der Waals surface area contributed by atoms with Crippen LogP contribution in [-0.2, 0) is 9.47 Å². The van der Waals surface area contributed by atoms with E-state index in [1.165, 1.54) is 0 Å². The minimum Gasteiger partial charge on any atom is -0.462 e.